The molecule has 1 saturated heterocycles. The van der Waals surface area contributed by atoms with E-state index in [0.29, 0.717) is 5.56 Å². The van der Waals surface area contributed by atoms with Crippen LogP contribution in [0.1, 0.15) is 36.0 Å². The molecule has 1 heterocycles. The quantitative estimate of drug-likeness (QED) is 0.857. The van der Waals surface area contributed by atoms with Crippen molar-refractivity contribution in [1.82, 2.24) is 9.21 Å². The van der Waals surface area contributed by atoms with Gasteiger partial charge in [-0.3, -0.25) is 4.79 Å². The van der Waals surface area contributed by atoms with Crippen LogP contribution < -0.4 is 0 Å². The first-order chi connectivity index (χ1) is 9.93. The van der Waals surface area contributed by atoms with Crippen molar-refractivity contribution in [1.29, 1.82) is 0 Å². The average molecular weight is 310 g/mol. The number of benzene rings is 1. The van der Waals surface area contributed by atoms with Crippen molar-refractivity contribution in [2.24, 2.45) is 0 Å². The second-order valence-electron chi connectivity index (χ2n) is 5.52. The summed E-state index contributed by atoms with van der Waals surface area (Å²) < 4.78 is 25.4. The summed E-state index contributed by atoms with van der Waals surface area (Å²) in [6.07, 6.45) is 4.33. The molecular weight excluding hydrogens is 288 g/mol. The molecule has 5 nitrogen and oxygen atoms in total. The van der Waals surface area contributed by atoms with Crippen LogP contribution in [0.15, 0.2) is 29.2 Å². The van der Waals surface area contributed by atoms with Gasteiger partial charge in [0.2, 0.25) is 10.0 Å². The molecule has 0 bridgehead atoms. The minimum Gasteiger partial charge on any atom is -0.339 e. The van der Waals surface area contributed by atoms with Crippen LogP contribution in [0.25, 0.3) is 0 Å². The number of carbonyl (C=O) groups excluding carboxylic acids is 1. The van der Waals surface area contributed by atoms with Gasteiger partial charge >= 0.3 is 0 Å². The van der Waals surface area contributed by atoms with Gasteiger partial charge in [0.05, 0.1) is 4.90 Å². The number of nitrogens with zero attached hydrogens (tertiary/aromatic N) is 2. The Kier molecular flexibility index (Phi) is 5.00. The lowest BCUT2D eigenvalue weighted by atomic mass is 10.2. The molecule has 1 amide bonds. The van der Waals surface area contributed by atoms with Crippen LogP contribution in [-0.4, -0.2) is 50.7 Å². The summed E-state index contributed by atoms with van der Waals surface area (Å²) in [4.78, 5) is 14.5. The van der Waals surface area contributed by atoms with Crippen LogP contribution in [0.3, 0.4) is 0 Å². The molecule has 0 unspecified atom stereocenters. The Morgan fingerprint density at radius 3 is 2.29 bits per heavy atom. The standard InChI is InChI=1S/C15H22N2O3S/c1-16(2)21(19,20)14-9-7-8-13(12-14)15(18)17-10-5-3-4-6-11-17/h7-9,12H,3-6,10-11H2,1-2H3. The van der Waals surface area contributed by atoms with Gasteiger partial charge in [-0.25, -0.2) is 12.7 Å². The second kappa shape index (κ2) is 6.58. The molecule has 0 N–H and O–H groups in total. The van der Waals surface area contributed by atoms with Crippen LogP contribution in [0, 0.1) is 0 Å². The van der Waals surface area contributed by atoms with Crippen molar-refractivity contribution in [2.45, 2.75) is 30.6 Å². The second-order valence-corrected chi connectivity index (χ2v) is 7.67. The zero-order valence-corrected chi connectivity index (χ0v) is 13.4. The van der Waals surface area contributed by atoms with E-state index in [4.69, 9.17) is 0 Å². The Balaban J connectivity index is 2.26. The highest BCUT2D eigenvalue weighted by molar-refractivity contribution is 7.89. The van der Waals surface area contributed by atoms with Crippen molar-refractivity contribution in [3.05, 3.63) is 29.8 Å². The minimum atomic E-state index is -3.51. The molecule has 1 aliphatic rings. The molecular formula is C15H22N2O3S. The molecule has 6 heteroatoms. The highest BCUT2D eigenvalue weighted by Crippen LogP contribution is 2.18. The number of carbonyl (C=O) groups is 1. The number of rotatable bonds is 3. The Hall–Kier alpha value is -1.40. The lowest BCUT2D eigenvalue weighted by molar-refractivity contribution is 0.0761. The predicted octanol–water partition coefficient (Wildman–Crippen LogP) is 1.95. The average Bonchev–Trinajstić information content (AvgIpc) is 2.75. The first-order valence-electron chi connectivity index (χ1n) is 7.25. The van der Waals surface area contributed by atoms with Crippen molar-refractivity contribution in [3.63, 3.8) is 0 Å². The topological polar surface area (TPSA) is 57.7 Å². The van der Waals surface area contributed by atoms with Crippen molar-refractivity contribution in [2.75, 3.05) is 27.2 Å². The van der Waals surface area contributed by atoms with Crippen LogP contribution in [0.4, 0.5) is 0 Å². The fourth-order valence-corrected chi connectivity index (χ4v) is 3.40. The zero-order chi connectivity index (χ0) is 15.5. The minimum absolute atomic E-state index is 0.0762. The van der Waals surface area contributed by atoms with Gasteiger partial charge in [0.15, 0.2) is 0 Å². The molecule has 0 saturated carbocycles. The van der Waals surface area contributed by atoms with Gasteiger partial charge in [-0.2, -0.15) is 0 Å². The highest BCUT2D eigenvalue weighted by atomic mass is 32.2. The van der Waals surface area contributed by atoms with Crippen LogP contribution in [0.5, 0.6) is 0 Å². The largest absolute Gasteiger partial charge is 0.339 e. The Bertz CT molecular complexity index is 603. The predicted molar refractivity (Wildman–Crippen MR) is 81.7 cm³/mol. The van der Waals surface area contributed by atoms with E-state index in [-0.39, 0.29) is 10.8 Å². The number of likely N-dealkylation sites (tertiary alicyclic amines) is 1. The van der Waals surface area contributed by atoms with Gasteiger partial charge in [0, 0.05) is 32.7 Å². The summed E-state index contributed by atoms with van der Waals surface area (Å²) in [6.45, 7) is 1.51. The van der Waals surface area contributed by atoms with Crippen LogP contribution in [-0.2, 0) is 10.0 Å². The van der Waals surface area contributed by atoms with Crippen LogP contribution in [0.2, 0.25) is 0 Å². The van der Waals surface area contributed by atoms with Crippen molar-refractivity contribution < 1.29 is 13.2 Å². The van der Waals surface area contributed by atoms with Gasteiger partial charge in [-0.05, 0) is 31.0 Å². The molecule has 0 aliphatic carbocycles. The molecule has 2 rings (SSSR count). The SMILES string of the molecule is CN(C)S(=O)(=O)c1cccc(C(=O)N2CCCCCC2)c1. The van der Waals surface area contributed by atoms with Gasteiger partial charge in [0.25, 0.3) is 5.91 Å². The molecule has 0 atom stereocenters. The Labute approximate surface area is 126 Å². The maximum Gasteiger partial charge on any atom is 0.253 e. The maximum atomic E-state index is 12.5. The fourth-order valence-electron chi connectivity index (χ4n) is 2.46. The molecule has 0 spiro atoms. The summed E-state index contributed by atoms with van der Waals surface area (Å²) in [5.41, 5.74) is 0.444. The molecule has 21 heavy (non-hydrogen) atoms. The third kappa shape index (κ3) is 3.63. The lowest BCUT2D eigenvalue weighted by Crippen LogP contribution is -2.32. The summed E-state index contributed by atoms with van der Waals surface area (Å²) in [5.74, 6) is -0.0762. The van der Waals surface area contributed by atoms with Gasteiger partial charge in [-0.1, -0.05) is 18.9 Å². The smallest absolute Gasteiger partial charge is 0.253 e. The molecule has 1 fully saturated rings. The van der Waals surface area contributed by atoms with E-state index in [1.807, 2.05) is 4.90 Å². The molecule has 1 aliphatic heterocycles. The maximum absolute atomic E-state index is 12.5. The first kappa shape index (κ1) is 16.0. The third-order valence-corrected chi connectivity index (χ3v) is 5.56. The van der Waals surface area contributed by atoms with E-state index in [9.17, 15) is 13.2 Å². The summed E-state index contributed by atoms with van der Waals surface area (Å²) in [5, 5.41) is 0. The Morgan fingerprint density at radius 2 is 1.71 bits per heavy atom. The van der Waals surface area contributed by atoms with E-state index in [1.165, 1.54) is 26.2 Å². The summed E-state index contributed by atoms with van der Waals surface area (Å²) in [6, 6.07) is 6.31. The monoisotopic (exact) mass is 310 g/mol. The van der Waals surface area contributed by atoms with Crippen LogP contribution >= 0.6 is 0 Å². The summed E-state index contributed by atoms with van der Waals surface area (Å²) in [7, 11) is -0.539. The van der Waals surface area contributed by atoms with E-state index in [1.54, 1.807) is 12.1 Å². The van der Waals surface area contributed by atoms with Gasteiger partial charge in [-0.15, -0.1) is 0 Å². The molecule has 1 aromatic carbocycles. The third-order valence-electron chi connectivity index (χ3n) is 3.75. The lowest BCUT2D eigenvalue weighted by Gasteiger charge is -2.20. The van der Waals surface area contributed by atoms with Crippen molar-refractivity contribution >= 4 is 15.9 Å². The van der Waals surface area contributed by atoms with E-state index in [2.05, 4.69) is 0 Å². The molecule has 1 aromatic rings. The van der Waals surface area contributed by atoms with Gasteiger partial charge in [0.1, 0.15) is 0 Å². The normalized spacial score (nSPS) is 16.8. The number of amides is 1. The molecule has 0 aromatic heterocycles. The number of hydrogen-bond donors (Lipinski definition) is 0. The molecule has 0 radical (unpaired) electrons. The fraction of sp³-hybridized carbons (Fsp3) is 0.533. The highest BCUT2D eigenvalue weighted by Gasteiger charge is 2.21. The number of sulfonamides is 1. The molecule has 116 valence electrons. The van der Waals surface area contributed by atoms with Crippen molar-refractivity contribution in [3.8, 4) is 0 Å². The van der Waals surface area contributed by atoms with Gasteiger partial charge < -0.3 is 4.90 Å². The Morgan fingerprint density at radius 1 is 1.10 bits per heavy atom. The number of hydrogen-bond acceptors (Lipinski definition) is 3. The van der Waals surface area contributed by atoms with E-state index < -0.39 is 10.0 Å². The van der Waals surface area contributed by atoms with E-state index >= 15 is 0 Å². The zero-order valence-electron chi connectivity index (χ0n) is 12.6. The summed E-state index contributed by atoms with van der Waals surface area (Å²) >= 11 is 0. The first-order valence-corrected chi connectivity index (χ1v) is 8.69. The van der Waals surface area contributed by atoms with E-state index in [0.717, 1.165) is 43.1 Å².